The lowest BCUT2D eigenvalue weighted by Crippen LogP contribution is -2.37. The minimum atomic E-state index is -4.39. The number of rotatable bonds is 39. The fourth-order valence-electron chi connectivity index (χ4n) is 5.50. The molecule has 0 aliphatic carbocycles. The normalized spacial score (nSPS) is 14.3. The van der Waals surface area contributed by atoms with Crippen molar-refractivity contribution in [3.8, 4) is 0 Å². The summed E-state index contributed by atoms with van der Waals surface area (Å²) in [5, 5.41) is 0. The second kappa shape index (κ2) is 38.9. The highest BCUT2D eigenvalue weighted by Crippen LogP contribution is 2.43. The van der Waals surface area contributed by atoms with Gasteiger partial charge in [0.1, 0.15) is 19.8 Å². The highest BCUT2D eigenvalue weighted by Gasteiger charge is 2.27. The van der Waals surface area contributed by atoms with Crippen LogP contribution in [0.4, 0.5) is 0 Å². The molecule has 0 aromatic heterocycles. The maximum absolute atomic E-state index is 12.7. The van der Waals surface area contributed by atoms with Crippen molar-refractivity contribution in [2.45, 2.75) is 168 Å². The smallest absolute Gasteiger partial charge is 0.462 e. The summed E-state index contributed by atoms with van der Waals surface area (Å²) in [5.74, 6) is -0.862. The van der Waals surface area contributed by atoms with Gasteiger partial charge in [0, 0.05) is 12.8 Å². The Morgan fingerprint density at radius 2 is 1.00 bits per heavy atom. The third-order valence-electron chi connectivity index (χ3n) is 8.97. The quantitative estimate of drug-likeness (QED) is 0.0215. The number of phosphoric acid groups is 1. The Morgan fingerprint density at radius 1 is 0.561 bits per heavy atom. The van der Waals surface area contributed by atoms with Crippen molar-refractivity contribution in [2.75, 3.05) is 47.5 Å². The second-order valence-corrected chi connectivity index (χ2v) is 17.1. The molecule has 10 heteroatoms. The molecule has 57 heavy (non-hydrogen) atoms. The SMILES string of the molecule is CC/C=C\C/C=C\C/C=C\C/C=C\CCCCC(=O)OC(COC(=O)CCCCCCCCC/C=C\C/C=C\CCCCCC)COP(=O)(O)OCC[N+](C)(C)C. The van der Waals surface area contributed by atoms with E-state index in [2.05, 4.69) is 86.8 Å². The number of nitrogens with zero attached hydrogens (tertiary/aromatic N) is 1. The van der Waals surface area contributed by atoms with Gasteiger partial charge in [-0.25, -0.2) is 4.57 Å². The third kappa shape index (κ3) is 42.9. The minimum Gasteiger partial charge on any atom is -0.462 e. The Hall–Kier alpha value is -2.55. The number of ether oxygens (including phenoxy) is 2. The molecule has 0 spiro atoms. The van der Waals surface area contributed by atoms with E-state index in [0.717, 1.165) is 77.0 Å². The average Bonchev–Trinajstić information content (AvgIpc) is 3.16. The van der Waals surface area contributed by atoms with Gasteiger partial charge in [0.15, 0.2) is 6.10 Å². The van der Waals surface area contributed by atoms with E-state index in [9.17, 15) is 19.0 Å². The molecular formula is C47H83NO8P+. The molecule has 0 aliphatic rings. The molecule has 2 unspecified atom stereocenters. The second-order valence-electron chi connectivity index (χ2n) is 15.7. The van der Waals surface area contributed by atoms with Gasteiger partial charge < -0.3 is 18.9 Å². The first-order chi connectivity index (χ1) is 27.5. The zero-order chi connectivity index (χ0) is 42.1. The first-order valence-corrected chi connectivity index (χ1v) is 23.7. The van der Waals surface area contributed by atoms with Crippen molar-refractivity contribution >= 4 is 19.8 Å². The lowest BCUT2D eigenvalue weighted by Gasteiger charge is -2.24. The van der Waals surface area contributed by atoms with E-state index in [1.54, 1.807) is 0 Å². The molecule has 0 saturated carbocycles. The van der Waals surface area contributed by atoms with E-state index in [1.165, 1.54) is 51.4 Å². The number of phosphoric ester groups is 1. The fraction of sp³-hybridized carbons (Fsp3) is 0.702. The molecule has 0 aromatic rings. The summed E-state index contributed by atoms with van der Waals surface area (Å²) in [5.41, 5.74) is 0. The number of allylic oxidation sites excluding steroid dienone is 12. The lowest BCUT2D eigenvalue weighted by atomic mass is 10.1. The molecule has 0 aliphatic heterocycles. The van der Waals surface area contributed by atoms with Crippen LogP contribution in [0.3, 0.4) is 0 Å². The molecular weight excluding hydrogens is 737 g/mol. The molecule has 9 nitrogen and oxygen atoms in total. The highest BCUT2D eigenvalue weighted by molar-refractivity contribution is 7.47. The van der Waals surface area contributed by atoms with Crippen molar-refractivity contribution in [3.05, 3.63) is 72.9 Å². The van der Waals surface area contributed by atoms with Crippen molar-refractivity contribution in [1.29, 1.82) is 0 Å². The van der Waals surface area contributed by atoms with Gasteiger partial charge in [-0.2, -0.15) is 0 Å². The van der Waals surface area contributed by atoms with Crippen LogP contribution >= 0.6 is 7.82 Å². The standard InChI is InChI=1S/C47H82NO8P/c1-6-8-10-12-14-16-18-20-22-23-24-26-27-29-31-33-35-37-39-46(49)53-43-45(44-55-57(51,52)54-42-41-48(3,4)5)56-47(50)40-38-36-34-32-30-28-25-21-19-17-15-13-11-9-7-2/h9,11,15-18,21-23,25,30,32,45H,6-8,10,12-14,19-20,24,26-29,31,33-44H2,1-5H3/p+1/b11-9-,17-15-,18-16-,23-22-,25-21-,32-30-. The summed E-state index contributed by atoms with van der Waals surface area (Å²) in [4.78, 5) is 35.4. The largest absolute Gasteiger partial charge is 0.472 e. The van der Waals surface area contributed by atoms with Crippen LogP contribution < -0.4 is 0 Å². The Morgan fingerprint density at radius 3 is 1.53 bits per heavy atom. The number of likely N-dealkylation sites (N-methyl/N-ethyl adjacent to an activating group) is 1. The molecule has 0 fully saturated rings. The van der Waals surface area contributed by atoms with Gasteiger partial charge >= 0.3 is 19.8 Å². The molecule has 0 bridgehead atoms. The van der Waals surface area contributed by atoms with Crippen molar-refractivity contribution in [1.82, 2.24) is 0 Å². The van der Waals surface area contributed by atoms with Gasteiger partial charge in [0.2, 0.25) is 0 Å². The van der Waals surface area contributed by atoms with Gasteiger partial charge in [0.05, 0.1) is 27.7 Å². The van der Waals surface area contributed by atoms with E-state index in [4.69, 9.17) is 18.5 Å². The monoisotopic (exact) mass is 821 g/mol. The van der Waals surface area contributed by atoms with Crippen LogP contribution in [0, 0.1) is 0 Å². The Kier molecular flexibility index (Phi) is 37.2. The minimum absolute atomic E-state index is 0.0186. The van der Waals surface area contributed by atoms with E-state index >= 15 is 0 Å². The summed E-state index contributed by atoms with van der Waals surface area (Å²) in [7, 11) is 1.43. The number of hydrogen-bond acceptors (Lipinski definition) is 7. The Balaban J connectivity index is 4.43. The number of hydrogen-bond donors (Lipinski definition) is 1. The molecule has 0 rings (SSSR count). The van der Waals surface area contributed by atoms with Crippen LogP contribution in [-0.4, -0.2) is 74.9 Å². The predicted octanol–water partition coefficient (Wildman–Crippen LogP) is 12.6. The highest BCUT2D eigenvalue weighted by atomic mass is 31.2. The molecule has 0 aromatic carbocycles. The number of esters is 2. The first kappa shape index (κ1) is 54.5. The fourth-order valence-corrected chi connectivity index (χ4v) is 6.25. The third-order valence-corrected chi connectivity index (χ3v) is 9.95. The zero-order valence-electron chi connectivity index (χ0n) is 36.8. The van der Waals surface area contributed by atoms with Crippen LogP contribution in [0.15, 0.2) is 72.9 Å². The van der Waals surface area contributed by atoms with Crippen LogP contribution in [0.25, 0.3) is 0 Å². The van der Waals surface area contributed by atoms with Gasteiger partial charge in [-0.1, -0.05) is 138 Å². The van der Waals surface area contributed by atoms with Crippen LogP contribution in [0.1, 0.15) is 162 Å². The van der Waals surface area contributed by atoms with E-state index in [-0.39, 0.29) is 26.1 Å². The summed E-state index contributed by atoms with van der Waals surface area (Å²) >= 11 is 0. The maximum atomic E-state index is 12.7. The summed E-state index contributed by atoms with van der Waals surface area (Å²) in [6.45, 7) is 4.21. The van der Waals surface area contributed by atoms with Gasteiger partial charge in [-0.15, -0.1) is 0 Å². The summed E-state index contributed by atoms with van der Waals surface area (Å²) in [6, 6.07) is 0. The summed E-state index contributed by atoms with van der Waals surface area (Å²) in [6.07, 6.45) is 48.1. The Bertz CT molecular complexity index is 1200. The van der Waals surface area contributed by atoms with E-state index in [1.807, 2.05) is 21.1 Å². The number of unbranched alkanes of at least 4 members (excludes halogenated alkanes) is 13. The van der Waals surface area contributed by atoms with Crippen molar-refractivity contribution in [2.24, 2.45) is 0 Å². The van der Waals surface area contributed by atoms with E-state index < -0.39 is 32.5 Å². The predicted molar refractivity (Wildman–Crippen MR) is 238 cm³/mol. The number of carbonyl (C=O) groups excluding carboxylic acids is 2. The van der Waals surface area contributed by atoms with Gasteiger partial charge in [0.25, 0.3) is 0 Å². The first-order valence-electron chi connectivity index (χ1n) is 22.2. The molecule has 0 heterocycles. The molecule has 1 N–H and O–H groups in total. The molecule has 0 saturated heterocycles. The molecule has 0 radical (unpaired) electrons. The van der Waals surface area contributed by atoms with E-state index in [0.29, 0.717) is 17.4 Å². The number of quaternary nitrogens is 1. The van der Waals surface area contributed by atoms with Gasteiger partial charge in [-0.05, 0) is 83.5 Å². The average molecular weight is 821 g/mol. The Labute approximate surface area is 348 Å². The van der Waals surface area contributed by atoms with Crippen LogP contribution in [0.2, 0.25) is 0 Å². The van der Waals surface area contributed by atoms with Crippen molar-refractivity contribution < 1.29 is 42.1 Å². The van der Waals surface area contributed by atoms with Gasteiger partial charge in [-0.3, -0.25) is 18.6 Å². The van der Waals surface area contributed by atoms with Crippen LogP contribution in [-0.2, 0) is 32.7 Å². The molecule has 0 amide bonds. The molecule has 328 valence electrons. The lowest BCUT2D eigenvalue weighted by molar-refractivity contribution is -0.870. The zero-order valence-corrected chi connectivity index (χ0v) is 37.7. The topological polar surface area (TPSA) is 108 Å². The maximum Gasteiger partial charge on any atom is 0.472 e. The molecule has 2 atom stereocenters. The summed E-state index contributed by atoms with van der Waals surface area (Å²) < 4.78 is 34.2. The van der Waals surface area contributed by atoms with Crippen molar-refractivity contribution in [3.63, 3.8) is 0 Å². The number of carbonyl (C=O) groups is 2. The van der Waals surface area contributed by atoms with Crippen LogP contribution in [0.5, 0.6) is 0 Å².